The normalized spacial score (nSPS) is 12.0. The van der Waals surface area contributed by atoms with Gasteiger partial charge in [0.05, 0.1) is 6.04 Å². The molecule has 0 bridgehead atoms. The van der Waals surface area contributed by atoms with Gasteiger partial charge in [0, 0.05) is 18.7 Å². The molecule has 6 heteroatoms. The molecule has 5 nitrogen and oxygen atoms in total. The number of rotatable bonds is 3. The third kappa shape index (κ3) is 2.96. The van der Waals surface area contributed by atoms with Gasteiger partial charge in [-0.2, -0.15) is 0 Å². The van der Waals surface area contributed by atoms with Gasteiger partial charge in [0.1, 0.15) is 11.6 Å². The monoisotopic (exact) mass is 277 g/mol. The summed E-state index contributed by atoms with van der Waals surface area (Å²) in [5.74, 6) is 0.599. The SMILES string of the molecule is Cc1cc(NC(=O)N(C)C(C)c2ccccc2F)no1. The predicted molar refractivity (Wildman–Crippen MR) is 72.8 cm³/mol. The van der Waals surface area contributed by atoms with Gasteiger partial charge in [-0.05, 0) is 19.9 Å². The molecule has 106 valence electrons. The van der Waals surface area contributed by atoms with Crippen LogP contribution in [0.3, 0.4) is 0 Å². The fourth-order valence-electron chi connectivity index (χ4n) is 1.82. The van der Waals surface area contributed by atoms with Crippen molar-refractivity contribution in [1.29, 1.82) is 0 Å². The van der Waals surface area contributed by atoms with Crippen molar-refractivity contribution in [3.63, 3.8) is 0 Å². The number of anilines is 1. The Morgan fingerprint density at radius 1 is 1.45 bits per heavy atom. The number of carbonyl (C=O) groups excluding carboxylic acids is 1. The Kier molecular flexibility index (Phi) is 4.02. The standard InChI is InChI=1S/C14H16FN3O2/c1-9-8-13(17-20-9)16-14(19)18(3)10(2)11-6-4-5-7-12(11)15/h4-8,10H,1-3H3,(H,16,17,19). The van der Waals surface area contributed by atoms with Crippen molar-refractivity contribution < 1.29 is 13.7 Å². The first-order valence-corrected chi connectivity index (χ1v) is 6.20. The highest BCUT2D eigenvalue weighted by molar-refractivity contribution is 5.88. The molecule has 20 heavy (non-hydrogen) atoms. The molecule has 0 spiro atoms. The Labute approximate surface area is 116 Å². The maximum atomic E-state index is 13.7. The Balaban J connectivity index is 2.08. The molecule has 0 fully saturated rings. The van der Waals surface area contributed by atoms with Crippen LogP contribution in [0.1, 0.15) is 24.3 Å². The minimum atomic E-state index is -0.399. The topological polar surface area (TPSA) is 58.4 Å². The van der Waals surface area contributed by atoms with Crippen molar-refractivity contribution in [2.45, 2.75) is 19.9 Å². The van der Waals surface area contributed by atoms with Crippen LogP contribution in [0.5, 0.6) is 0 Å². The molecular formula is C14H16FN3O2. The first-order valence-electron chi connectivity index (χ1n) is 6.20. The molecule has 0 aliphatic carbocycles. The molecule has 1 N–H and O–H groups in total. The molecular weight excluding hydrogens is 261 g/mol. The molecule has 0 radical (unpaired) electrons. The van der Waals surface area contributed by atoms with Gasteiger partial charge in [0.25, 0.3) is 0 Å². The molecule has 0 saturated heterocycles. The van der Waals surface area contributed by atoms with Crippen LogP contribution in [0.15, 0.2) is 34.9 Å². The average molecular weight is 277 g/mol. The van der Waals surface area contributed by atoms with Crippen LogP contribution in [0.2, 0.25) is 0 Å². The van der Waals surface area contributed by atoms with Crippen LogP contribution in [0, 0.1) is 12.7 Å². The zero-order valence-electron chi connectivity index (χ0n) is 11.6. The largest absolute Gasteiger partial charge is 0.360 e. The lowest BCUT2D eigenvalue weighted by molar-refractivity contribution is 0.207. The second-order valence-corrected chi connectivity index (χ2v) is 4.56. The molecule has 1 heterocycles. The number of nitrogens with one attached hydrogen (secondary N) is 1. The zero-order valence-corrected chi connectivity index (χ0v) is 11.6. The minimum Gasteiger partial charge on any atom is -0.360 e. The molecule has 0 aliphatic heterocycles. The average Bonchev–Trinajstić information content (AvgIpc) is 2.83. The summed E-state index contributed by atoms with van der Waals surface area (Å²) in [5, 5.41) is 6.27. The quantitative estimate of drug-likeness (QED) is 0.936. The van der Waals surface area contributed by atoms with E-state index in [9.17, 15) is 9.18 Å². The van der Waals surface area contributed by atoms with Crippen LogP contribution in [-0.2, 0) is 0 Å². The van der Waals surface area contributed by atoms with E-state index in [2.05, 4.69) is 10.5 Å². The second kappa shape index (κ2) is 5.73. The fourth-order valence-corrected chi connectivity index (χ4v) is 1.82. The predicted octanol–water partition coefficient (Wildman–Crippen LogP) is 3.35. The third-order valence-electron chi connectivity index (χ3n) is 3.12. The zero-order chi connectivity index (χ0) is 14.7. The molecule has 1 aromatic carbocycles. The number of hydrogen-bond acceptors (Lipinski definition) is 3. The first-order chi connectivity index (χ1) is 9.49. The first kappa shape index (κ1) is 14.0. The molecule has 2 amide bonds. The molecule has 0 saturated carbocycles. The van der Waals surface area contributed by atoms with E-state index >= 15 is 0 Å². The van der Waals surface area contributed by atoms with E-state index in [4.69, 9.17) is 4.52 Å². The number of carbonyl (C=O) groups is 1. The molecule has 2 aromatic rings. The maximum absolute atomic E-state index is 13.7. The number of halogens is 1. The van der Waals surface area contributed by atoms with E-state index < -0.39 is 6.04 Å². The van der Waals surface area contributed by atoms with Crippen LogP contribution < -0.4 is 5.32 Å². The summed E-state index contributed by atoms with van der Waals surface area (Å²) >= 11 is 0. The number of aromatic nitrogens is 1. The van der Waals surface area contributed by atoms with Crippen LogP contribution >= 0.6 is 0 Å². The van der Waals surface area contributed by atoms with Crippen molar-refractivity contribution in [2.24, 2.45) is 0 Å². The number of aryl methyl sites for hydroxylation is 1. The van der Waals surface area contributed by atoms with Crippen molar-refractivity contribution in [3.8, 4) is 0 Å². The lowest BCUT2D eigenvalue weighted by Gasteiger charge is -2.25. The van der Waals surface area contributed by atoms with Crippen LogP contribution in [0.4, 0.5) is 15.0 Å². The highest BCUT2D eigenvalue weighted by atomic mass is 19.1. The fraction of sp³-hybridized carbons (Fsp3) is 0.286. The van der Waals surface area contributed by atoms with Gasteiger partial charge in [-0.1, -0.05) is 23.4 Å². The summed E-state index contributed by atoms with van der Waals surface area (Å²) in [4.78, 5) is 13.5. The van der Waals surface area contributed by atoms with Gasteiger partial charge in [0.2, 0.25) is 0 Å². The Bertz CT molecular complexity index is 612. The van der Waals surface area contributed by atoms with Gasteiger partial charge in [-0.15, -0.1) is 0 Å². The van der Waals surface area contributed by atoms with Crippen LogP contribution in [0.25, 0.3) is 0 Å². The second-order valence-electron chi connectivity index (χ2n) is 4.56. The Morgan fingerprint density at radius 3 is 2.75 bits per heavy atom. The van der Waals surface area contributed by atoms with E-state index in [1.165, 1.54) is 11.0 Å². The number of hydrogen-bond donors (Lipinski definition) is 1. The number of benzene rings is 1. The summed E-state index contributed by atoms with van der Waals surface area (Å²) in [6, 6.07) is 7.21. The summed E-state index contributed by atoms with van der Waals surface area (Å²) in [7, 11) is 1.60. The highest BCUT2D eigenvalue weighted by Crippen LogP contribution is 2.22. The highest BCUT2D eigenvalue weighted by Gasteiger charge is 2.20. The summed E-state index contributed by atoms with van der Waals surface area (Å²) in [6.07, 6.45) is 0. The van der Waals surface area contributed by atoms with E-state index in [1.807, 2.05) is 0 Å². The van der Waals surface area contributed by atoms with Crippen molar-refractivity contribution in [2.75, 3.05) is 12.4 Å². The minimum absolute atomic E-state index is 0.333. The maximum Gasteiger partial charge on any atom is 0.323 e. The van der Waals surface area contributed by atoms with E-state index in [0.29, 0.717) is 17.1 Å². The number of amides is 2. The van der Waals surface area contributed by atoms with E-state index in [-0.39, 0.29) is 11.8 Å². The molecule has 1 atom stereocenters. The van der Waals surface area contributed by atoms with Crippen LogP contribution in [-0.4, -0.2) is 23.1 Å². The Morgan fingerprint density at radius 2 is 2.15 bits per heavy atom. The lowest BCUT2D eigenvalue weighted by atomic mass is 10.1. The van der Waals surface area contributed by atoms with Gasteiger partial charge in [-0.25, -0.2) is 9.18 Å². The molecule has 0 aliphatic rings. The number of urea groups is 1. The molecule has 1 aromatic heterocycles. The van der Waals surface area contributed by atoms with Crippen molar-refractivity contribution >= 4 is 11.8 Å². The van der Waals surface area contributed by atoms with E-state index in [0.717, 1.165) is 0 Å². The van der Waals surface area contributed by atoms with E-state index in [1.54, 1.807) is 45.2 Å². The summed E-state index contributed by atoms with van der Waals surface area (Å²) in [5.41, 5.74) is 0.460. The summed E-state index contributed by atoms with van der Waals surface area (Å²) < 4.78 is 18.6. The summed E-state index contributed by atoms with van der Waals surface area (Å²) in [6.45, 7) is 3.49. The van der Waals surface area contributed by atoms with Crippen molar-refractivity contribution in [1.82, 2.24) is 10.1 Å². The Hall–Kier alpha value is -2.37. The molecule has 1 unspecified atom stereocenters. The smallest absolute Gasteiger partial charge is 0.323 e. The molecule has 2 rings (SSSR count). The van der Waals surface area contributed by atoms with Gasteiger partial charge < -0.3 is 9.42 Å². The number of nitrogens with zero attached hydrogens (tertiary/aromatic N) is 2. The lowest BCUT2D eigenvalue weighted by Crippen LogP contribution is -2.34. The van der Waals surface area contributed by atoms with Gasteiger partial charge >= 0.3 is 6.03 Å². The van der Waals surface area contributed by atoms with Gasteiger partial charge in [-0.3, -0.25) is 5.32 Å². The van der Waals surface area contributed by atoms with Gasteiger partial charge in [0.15, 0.2) is 5.82 Å². The third-order valence-corrected chi connectivity index (χ3v) is 3.12. The van der Waals surface area contributed by atoms with Crippen molar-refractivity contribution in [3.05, 3.63) is 47.5 Å².